The van der Waals surface area contributed by atoms with Crippen LogP contribution in [0.25, 0.3) is 11.0 Å². The van der Waals surface area contributed by atoms with Gasteiger partial charge >= 0.3 is 12.2 Å². The Kier molecular flexibility index (Phi) is 10.7. The van der Waals surface area contributed by atoms with Crippen LogP contribution in [0.2, 0.25) is 0 Å². The van der Waals surface area contributed by atoms with E-state index in [0.717, 1.165) is 25.9 Å². The van der Waals surface area contributed by atoms with Crippen molar-refractivity contribution in [3.63, 3.8) is 0 Å². The van der Waals surface area contributed by atoms with E-state index in [0.29, 0.717) is 28.1 Å². The Balaban J connectivity index is 0.000000354. The van der Waals surface area contributed by atoms with E-state index < -0.39 is 36.8 Å². The Labute approximate surface area is 246 Å². The van der Waals surface area contributed by atoms with Gasteiger partial charge in [0.15, 0.2) is 5.60 Å². The second kappa shape index (κ2) is 13.7. The molecule has 5 rings (SSSR count). The summed E-state index contributed by atoms with van der Waals surface area (Å²) < 4.78 is 68.1. The molecule has 2 aromatic heterocycles. The van der Waals surface area contributed by atoms with Crippen molar-refractivity contribution in [1.82, 2.24) is 35.3 Å². The zero-order chi connectivity index (χ0) is 32.0. The predicted octanol–water partition coefficient (Wildman–Crippen LogP) is 5.57. The third-order valence-corrected chi connectivity index (χ3v) is 6.53. The van der Waals surface area contributed by atoms with Gasteiger partial charge in [-0.3, -0.25) is 9.48 Å². The van der Waals surface area contributed by atoms with Gasteiger partial charge < -0.3 is 25.3 Å². The summed E-state index contributed by atoms with van der Waals surface area (Å²) in [5.41, 5.74) is 0.504. The molecular formula is C28H38F5N7O3. The third-order valence-electron chi connectivity index (χ3n) is 6.53. The molecule has 1 saturated heterocycles. The minimum atomic E-state index is -4.28. The summed E-state index contributed by atoms with van der Waals surface area (Å²) in [6, 6.07) is 6.46. The summed E-state index contributed by atoms with van der Waals surface area (Å²) in [5.74, 6) is -2.66. The van der Waals surface area contributed by atoms with E-state index in [2.05, 4.69) is 30.4 Å². The van der Waals surface area contributed by atoms with Gasteiger partial charge in [-0.1, -0.05) is 25.3 Å². The monoisotopic (exact) mass is 615 g/mol. The summed E-state index contributed by atoms with van der Waals surface area (Å²) in [6.45, 7) is 4.82. The van der Waals surface area contributed by atoms with Gasteiger partial charge in [-0.15, -0.1) is 0 Å². The van der Waals surface area contributed by atoms with Gasteiger partial charge in [-0.05, 0) is 51.5 Å². The molecule has 2 aliphatic rings. The minimum absolute atomic E-state index is 0.0572. The number of carbonyl (C=O) groups excluding carboxylic acids is 2. The first-order valence-electron chi connectivity index (χ1n) is 13.8. The van der Waals surface area contributed by atoms with E-state index in [1.54, 1.807) is 35.1 Å². The molecule has 15 heteroatoms. The highest BCUT2D eigenvalue weighted by Crippen LogP contribution is 2.31. The first-order valence-corrected chi connectivity index (χ1v) is 13.8. The first-order chi connectivity index (χ1) is 20.0. The molecule has 1 aliphatic heterocycles. The molecule has 10 nitrogen and oxygen atoms in total. The number of methoxy groups -OCH3 is 1. The van der Waals surface area contributed by atoms with Gasteiger partial charge in [0.2, 0.25) is 0 Å². The van der Waals surface area contributed by atoms with Gasteiger partial charge in [0.25, 0.3) is 11.8 Å². The number of imidazole rings is 1. The number of nitrogens with zero attached hydrogens (tertiary/aromatic N) is 4. The van der Waals surface area contributed by atoms with Crippen LogP contribution in [0.15, 0.2) is 30.5 Å². The number of rotatable bonds is 7. The van der Waals surface area contributed by atoms with E-state index in [-0.39, 0.29) is 25.0 Å². The van der Waals surface area contributed by atoms with E-state index >= 15 is 0 Å². The zero-order valence-corrected chi connectivity index (χ0v) is 24.8. The van der Waals surface area contributed by atoms with Crippen molar-refractivity contribution in [3.05, 3.63) is 47.5 Å². The van der Waals surface area contributed by atoms with Crippen molar-refractivity contribution in [1.29, 1.82) is 0 Å². The van der Waals surface area contributed by atoms with Crippen molar-refractivity contribution in [3.8, 4) is 0 Å². The van der Waals surface area contributed by atoms with Crippen LogP contribution < -0.4 is 10.6 Å². The number of H-pyrrole nitrogens is 1. The largest absolute Gasteiger partial charge is 0.416 e. The van der Waals surface area contributed by atoms with Crippen LogP contribution in [0.4, 0.5) is 26.7 Å². The highest BCUT2D eigenvalue weighted by Gasteiger charge is 2.47. The summed E-state index contributed by atoms with van der Waals surface area (Å²) >= 11 is 0. The smallest absolute Gasteiger partial charge is 0.369 e. The summed E-state index contributed by atoms with van der Waals surface area (Å²) in [5, 5.41) is 9.17. The molecule has 3 amide bonds. The number of aromatic amines is 1. The normalized spacial score (nSPS) is 16.2. The maximum Gasteiger partial charge on any atom is 0.416 e. The number of amides is 3. The summed E-state index contributed by atoms with van der Waals surface area (Å²) in [4.78, 5) is 33.0. The molecule has 0 unspecified atom stereocenters. The van der Waals surface area contributed by atoms with Crippen LogP contribution in [0.5, 0.6) is 0 Å². The van der Waals surface area contributed by atoms with Gasteiger partial charge in [0, 0.05) is 25.9 Å². The average Bonchev–Trinajstić information content (AvgIpc) is 3.62. The number of halogens is 5. The fourth-order valence-electron chi connectivity index (χ4n) is 3.64. The second-order valence-corrected chi connectivity index (χ2v) is 11.1. The van der Waals surface area contributed by atoms with E-state index in [9.17, 15) is 31.5 Å². The molecule has 1 aliphatic carbocycles. The molecule has 1 aromatic carbocycles. The Hall–Kier alpha value is -3.75. The van der Waals surface area contributed by atoms with Crippen molar-refractivity contribution in [2.75, 3.05) is 20.2 Å². The number of fused-ring (bicyclic) bond motifs is 1. The Morgan fingerprint density at radius 2 is 1.84 bits per heavy atom. The number of hydrogen-bond acceptors (Lipinski definition) is 5. The molecular weight excluding hydrogens is 577 g/mol. The molecule has 0 spiro atoms. The predicted molar refractivity (Wildman–Crippen MR) is 150 cm³/mol. The van der Waals surface area contributed by atoms with Crippen molar-refractivity contribution < 1.29 is 36.3 Å². The number of aromatic nitrogens is 4. The summed E-state index contributed by atoms with van der Waals surface area (Å²) in [6.07, 6.45) is 1.80. The van der Waals surface area contributed by atoms with Crippen LogP contribution in [-0.2, 0) is 17.8 Å². The van der Waals surface area contributed by atoms with E-state index in [1.165, 1.54) is 19.3 Å². The highest BCUT2D eigenvalue weighted by atomic mass is 19.4. The lowest BCUT2D eigenvalue weighted by Gasteiger charge is -2.32. The van der Waals surface area contributed by atoms with Gasteiger partial charge in [0.05, 0.1) is 30.7 Å². The zero-order valence-electron chi connectivity index (χ0n) is 24.8. The van der Waals surface area contributed by atoms with Crippen LogP contribution in [0, 0.1) is 0 Å². The second-order valence-electron chi connectivity index (χ2n) is 11.1. The Morgan fingerprint density at radius 1 is 1.16 bits per heavy atom. The van der Waals surface area contributed by atoms with Crippen molar-refractivity contribution in [2.24, 2.45) is 0 Å². The van der Waals surface area contributed by atoms with E-state index in [1.807, 2.05) is 13.8 Å². The fourth-order valence-corrected chi connectivity index (χ4v) is 3.64. The lowest BCUT2D eigenvalue weighted by Crippen LogP contribution is -2.56. The fraction of sp³-hybridized carbons (Fsp3) is 0.571. The number of ether oxygens (including phenoxy) is 1. The minimum Gasteiger partial charge on any atom is -0.369 e. The van der Waals surface area contributed by atoms with Gasteiger partial charge in [0.1, 0.15) is 11.5 Å². The maximum absolute atomic E-state index is 13.6. The molecule has 3 N–H and O–H groups in total. The third kappa shape index (κ3) is 9.63. The van der Waals surface area contributed by atoms with Gasteiger partial charge in [-0.25, -0.2) is 18.6 Å². The molecule has 3 heterocycles. The van der Waals surface area contributed by atoms with Crippen molar-refractivity contribution in [2.45, 2.75) is 83.8 Å². The first kappa shape index (κ1) is 33.7. The van der Waals surface area contributed by atoms with Gasteiger partial charge in [-0.2, -0.15) is 18.3 Å². The van der Waals surface area contributed by atoms with E-state index in [4.69, 9.17) is 0 Å². The topological polar surface area (TPSA) is 117 Å². The molecule has 3 aromatic rings. The molecule has 0 bridgehead atoms. The lowest BCUT2D eigenvalue weighted by atomic mass is 10.1. The molecule has 43 heavy (non-hydrogen) atoms. The lowest BCUT2D eigenvalue weighted by molar-refractivity contribution is -0.255. The Bertz CT molecular complexity index is 1380. The van der Waals surface area contributed by atoms with Crippen LogP contribution in [-0.4, -0.2) is 74.5 Å². The molecule has 0 atom stereocenters. The van der Waals surface area contributed by atoms with Crippen LogP contribution in [0.1, 0.15) is 74.9 Å². The Morgan fingerprint density at radius 3 is 2.40 bits per heavy atom. The standard InChI is InChI=1S/C20H23F2N7O2.C5H9F3O.C3H6/c1-12(2)29-16(5-6-25-29)18(30)23-8-17-26-14-4-3-13(7-15(14)27-17)9-28-11-20(21,22)10-24-19(28)31;1-4(2,9-3)5(6,7)8;1-2-3-1/h3-7,12H,8-11H2,1-2H3,(H,23,30)(H,24,31)(H,26,27);1-3H3;1-3H2. The number of alkyl halides is 5. The maximum atomic E-state index is 13.6. The number of hydrogen-bond donors (Lipinski definition) is 3. The molecule has 0 radical (unpaired) electrons. The van der Waals surface area contributed by atoms with Crippen LogP contribution >= 0.6 is 0 Å². The quantitative estimate of drug-likeness (QED) is 0.301. The number of carbonyl (C=O) groups is 2. The highest BCUT2D eigenvalue weighted by molar-refractivity contribution is 5.92. The van der Waals surface area contributed by atoms with Crippen LogP contribution in [0.3, 0.4) is 0 Å². The SMILES string of the molecule is C1CC1.CC(C)n1nccc1C(=O)NCc1nc2ccc(CN3CC(F)(F)CNC3=O)cc2[nH]1.COC(C)(C)C(F)(F)F. The molecule has 1 saturated carbocycles. The summed E-state index contributed by atoms with van der Waals surface area (Å²) in [7, 11) is 1.04. The average molecular weight is 616 g/mol. The number of benzene rings is 1. The number of urea groups is 1. The molecule has 238 valence electrons. The van der Waals surface area contributed by atoms with Crippen molar-refractivity contribution >= 4 is 23.0 Å². The number of nitrogens with one attached hydrogen (secondary N) is 3. The molecule has 2 fully saturated rings.